The molecule has 1 fully saturated rings. The molecule has 0 saturated carbocycles. The zero-order chi connectivity index (χ0) is 17.8. The Morgan fingerprint density at radius 2 is 1.60 bits per heavy atom. The third-order valence-electron chi connectivity index (χ3n) is 4.43. The molecule has 6 heteroatoms. The number of nitrogens with zero attached hydrogens (tertiary/aromatic N) is 1. The van der Waals surface area contributed by atoms with Crippen LogP contribution in [0.25, 0.3) is 0 Å². The predicted molar refractivity (Wildman–Crippen MR) is 93.3 cm³/mol. The van der Waals surface area contributed by atoms with Gasteiger partial charge in [0.25, 0.3) is 11.8 Å². The maximum Gasteiger partial charge on any atom is 0.258 e. The van der Waals surface area contributed by atoms with Gasteiger partial charge in [0, 0.05) is 0 Å². The Morgan fingerprint density at radius 1 is 1.00 bits per heavy atom. The molecule has 1 saturated heterocycles. The molecule has 0 aromatic heterocycles. The van der Waals surface area contributed by atoms with Gasteiger partial charge in [-0.05, 0) is 24.3 Å². The van der Waals surface area contributed by atoms with Crippen molar-refractivity contribution in [2.24, 2.45) is 0 Å². The van der Waals surface area contributed by atoms with Crippen molar-refractivity contribution in [2.75, 3.05) is 38.5 Å². The summed E-state index contributed by atoms with van der Waals surface area (Å²) in [5.41, 5.74) is 0.770. The summed E-state index contributed by atoms with van der Waals surface area (Å²) >= 11 is 0. The van der Waals surface area contributed by atoms with Crippen LogP contribution in [0.4, 0.5) is 10.1 Å². The second kappa shape index (κ2) is 7.44. The second-order valence-electron chi connectivity index (χ2n) is 6.23. The van der Waals surface area contributed by atoms with E-state index in [0.717, 1.165) is 13.1 Å². The highest BCUT2D eigenvalue weighted by Crippen LogP contribution is 2.19. The Morgan fingerprint density at radius 3 is 2.28 bits per heavy atom. The van der Waals surface area contributed by atoms with Crippen molar-refractivity contribution in [1.82, 2.24) is 4.90 Å². The Balaban J connectivity index is 1.80. The number of para-hydroxylation sites is 1. The summed E-state index contributed by atoms with van der Waals surface area (Å²) in [6.07, 6.45) is 0. The summed E-state index contributed by atoms with van der Waals surface area (Å²) in [5.74, 6) is -1.27. The van der Waals surface area contributed by atoms with E-state index < -0.39 is 11.7 Å². The number of benzene rings is 2. The van der Waals surface area contributed by atoms with E-state index in [4.69, 9.17) is 0 Å². The summed E-state index contributed by atoms with van der Waals surface area (Å²) in [6.45, 7) is 3.16. The Bertz CT molecular complexity index is 786. The number of carbonyl (C=O) groups is 2. The molecule has 0 bridgehead atoms. The van der Waals surface area contributed by atoms with Gasteiger partial charge in [-0.25, -0.2) is 4.39 Å². The number of halogens is 1. The molecule has 0 unspecified atom stereocenters. The summed E-state index contributed by atoms with van der Waals surface area (Å²) in [6, 6.07) is 12.6. The number of piperazine rings is 1. The monoisotopic (exact) mass is 342 g/mol. The average Bonchev–Trinajstić information content (AvgIpc) is 2.62. The van der Waals surface area contributed by atoms with Crippen molar-refractivity contribution in [3.05, 3.63) is 65.5 Å². The van der Waals surface area contributed by atoms with E-state index in [-0.39, 0.29) is 11.5 Å². The zero-order valence-corrected chi connectivity index (χ0v) is 14.1. The van der Waals surface area contributed by atoms with Crippen LogP contribution >= 0.6 is 0 Å². The molecular formula is C19H21FN3O2+. The molecule has 1 heterocycles. The lowest BCUT2D eigenvalue weighted by molar-refractivity contribution is -0.883. The van der Waals surface area contributed by atoms with E-state index in [1.165, 1.54) is 23.1 Å². The molecule has 2 aromatic rings. The average molecular weight is 342 g/mol. The number of quaternary nitrogens is 1. The van der Waals surface area contributed by atoms with Gasteiger partial charge < -0.3 is 15.1 Å². The van der Waals surface area contributed by atoms with Crippen molar-refractivity contribution in [3.63, 3.8) is 0 Å². The van der Waals surface area contributed by atoms with Gasteiger partial charge in [0.2, 0.25) is 0 Å². The normalized spacial score (nSPS) is 15.0. The van der Waals surface area contributed by atoms with E-state index >= 15 is 0 Å². The highest BCUT2D eigenvalue weighted by Gasteiger charge is 2.24. The van der Waals surface area contributed by atoms with E-state index in [0.29, 0.717) is 24.3 Å². The molecule has 2 aromatic carbocycles. The Kier molecular flexibility index (Phi) is 5.09. The zero-order valence-electron chi connectivity index (χ0n) is 14.1. The van der Waals surface area contributed by atoms with Gasteiger partial charge in [-0.3, -0.25) is 9.59 Å². The molecule has 25 heavy (non-hydrogen) atoms. The third kappa shape index (κ3) is 3.85. The van der Waals surface area contributed by atoms with Crippen LogP contribution in [0.3, 0.4) is 0 Å². The van der Waals surface area contributed by atoms with E-state index in [1.54, 1.807) is 35.2 Å². The Hall–Kier alpha value is -2.73. The van der Waals surface area contributed by atoms with E-state index in [1.807, 2.05) is 0 Å². The summed E-state index contributed by atoms with van der Waals surface area (Å²) in [5, 5.41) is 2.66. The number of nitrogens with one attached hydrogen (secondary N) is 2. The molecule has 3 rings (SSSR count). The molecule has 0 radical (unpaired) electrons. The van der Waals surface area contributed by atoms with Gasteiger partial charge >= 0.3 is 0 Å². The SMILES string of the molecule is C[NH+]1CCN(C(=O)c2ccccc2NC(=O)c2ccccc2F)CC1. The fourth-order valence-corrected chi connectivity index (χ4v) is 2.88. The van der Waals surface area contributed by atoms with Gasteiger partial charge in [-0.1, -0.05) is 24.3 Å². The fraction of sp³-hybridized carbons (Fsp3) is 0.263. The first-order chi connectivity index (χ1) is 12.1. The largest absolute Gasteiger partial charge is 0.334 e. The predicted octanol–water partition coefficient (Wildman–Crippen LogP) is 1.05. The van der Waals surface area contributed by atoms with Crippen LogP contribution in [0.1, 0.15) is 20.7 Å². The molecule has 2 amide bonds. The summed E-state index contributed by atoms with van der Waals surface area (Å²) in [7, 11) is 2.10. The van der Waals surface area contributed by atoms with Crippen LogP contribution in [0, 0.1) is 5.82 Å². The van der Waals surface area contributed by atoms with Crippen LogP contribution in [-0.4, -0.2) is 49.9 Å². The van der Waals surface area contributed by atoms with Crippen LogP contribution in [-0.2, 0) is 0 Å². The summed E-state index contributed by atoms with van der Waals surface area (Å²) in [4.78, 5) is 28.3. The van der Waals surface area contributed by atoms with Gasteiger partial charge in [0.15, 0.2) is 0 Å². The number of rotatable bonds is 3. The quantitative estimate of drug-likeness (QED) is 0.876. The van der Waals surface area contributed by atoms with E-state index in [9.17, 15) is 14.0 Å². The minimum Gasteiger partial charge on any atom is -0.334 e. The number of likely N-dealkylation sites (N-methyl/N-ethyl adjacent to an activating group) is 1. The van der Waals surface area contributed by atoms with Crippen LogP contribution in [0.15, 0.2) is 48.5 Å². The fourth-order valence-electron chi connectivity index (χ4n) is 2.88. The molecule has 1 aliphatic rings. The van der Waals surface area contributed by atoms with Crippen LogP contribution in [0.5, 0.6) is 0 Å². The van der Waals surface area contributed by atoms with Crippen molar-refractivity contribution in [2.45, 2.75) is 0 Å². The molecule has 5 nitrogen and oxygen atoms in total. The first-order valence-corrected chi connectivity index (χ1v) is 8.32. The molecule has 0 aliphatic carbocycles. The van der Waals surface area contributed by atoms with Crippen LogP contribution < -0.4 is 10.2 Å². The number of anilines is 1. The lowest BCUT2D eigenvalue weighted by Gasteiger charge is -2.30. The standard InChI is InChI=1S/C19H20FN3O2/c1-22-10-12-23(13-11-22)19(25)15-7-3-5-9-17(15)21-18(24)14-6-2-4-8-16(14)20/h2-9H,10-13H2,1H3,(H,21,24)/p+1. The number of carbonyl (C=O) groups excluding carboxylic acids is 2. The number of amides is 2. The first-order valence-electron chi connectivity index (χ1n) is 8.32. The van der Waals surface area contributed by atoms with Gasteiger partial charge in [-0.15, -0.1) is 0 Å². The topological polar surface area (TPSA) is 53.9 Å². The van der Waals surface area contributed by atoms with E-state index in [2.05, 4.69) is 12.4 Å². The molecule has 0 atom stereocenters. The molecule has 130 valence electrons. The van der Waals surface area contributed by atoms with Gasteiger partial charge in [-0.2, -0.15) is 0 Å². The summed E-state index contributed by atoms with van der Waals surface area (Å²) < 4.78 is 13.8. The smallest absolute Gasteiger partial charge is 0.258 e. The van der Waals surface area contributed by atoms with Crippen molar-refractivity contribution in [1.29, 1.82) is 0 Å². The number of hydrogen-bond donors (Lipinski definition) is 2. The van der Waals surface area contributed by atoms with Crippen molar-refractivity contribution >= 4 is 17.5 Å². The highest BCUT2D eigenvalue weighted by atomic mass is 19.1. The van der Waals surface area contributed by atoms with Crippen molar-refractivity contribution < 1.29 is 18.9 Å². The Labute approximate surface area is 146 Å². The second-order valence-corrected chi connectivity index (χ2v) is 6.23. The van der Waals surface area contributed by atoms with Gasteiger partial charge in [0.05, 0.1) is 50.0 Å². The number of hydrogen-bond acceptors (Lipinski definition) is 2. The minimum atomic E-state index is -0.592. The van der Waals surface area contributed by atoms with Crippen LogP contribution in [0.2, 0.25) is 0 Å². The third-order valence-corrected chi connectivity index (χ3v) is 4.43. The first kappa shape index (κ1) is 17.1. The minimum absolute atomic E-state index is 0.0482. The maximum absolute atomic E-state index is 13.8. The molecule has 2 N–H and O–H groups in total. The van der Waals surface area contributed by atoms with Gasteiger partial charge in [0.1, 0.15) is 5.82 Å². The van der Waals surface area contributed by atoms with Crippen molar-refractivity contribution in [3.8, 4) is 0 Å². The molecule has 0 spiro atoms. The molecule has 1 aliphatic heterocycles. The highest BCUT2D eigenvalue weighted by molar-refractivity contribution is 6.09. The molecular weight excluding hydrogens is 321 g/mol. The maximum atomic E-state index is 13.8. The lowest BCUT2D eigenvalue weighted by atomic mass is 10.1. The lowest BCUT2D eigenvalue weighted by Crippen LogP contribution is -3.12.